The number of methoxy groups -OCH3 is 2. The number of hydrogen-bond donors (Lipinski definition) is 1. The van der Waals surface area contributed by atoms with Gasteiger partial charge in [-0.05, 0) is 40.7 Å². The van der Waals surface area contributed by atoms with E-state index in [1.165, 1.54) is 0 Å². The number of ether oxygens (including phenoxy) is 2. The molecule has 18 heavy (non-hydrogen) atoms. The van der Waals surface area contributed by atoms with E-state index in [9.17, 15) is 5.11 Å². The Hall–Kier alpha value is -0.620. The minimum Gasteiger partial charge on any atom is -0.496 e. The zero-order chi connectivity index (χ0) is 13.5. The lowest BCUT2D eigenvalue weighted by atomic mass is 10.2. The molecule has 0 saturated carbocycles. The first kappa shape index (κ1) is 15.4. The van der Waals surface area contributed by atoms with Gasteiger partial charge in [0.2, 0.25) is 0 Å². The number of benzene rings is 1. The highest BCUT2D eigenvalue weighted by Gasteiger charge is 2.09. The van der Waals surface area contributed by atoms with Crippen molar-refractivity contribution in [3.8, 4) is 5.75 Å². The molecular formula is C13H20BrNO3. The van der Waals surface area contributed by atoms with Gasteiger partial charge < -0.3 is 14.6 Å². The molecule has 0 amide bonds. The van der Waals surface area contributed by atoms with Gasteiger partial charge in [0.05, 0.1) is 24.3 Å². The Morgan fingerprint density at radius 3 is 2.67 bits per heavy atom. The van der Waals surface area contributed by atoms with Gasteiger partial charge in [-0.2, -0.15) is 0 Å². The predicted molar refractivity (Wildman–Crippen MR) is 74.9 cm³/mol. The molecule has 0 bridgehead atoms. The molecule has 0 aromatic heterocycles. The Labute approximate surface area is 117 Å². The monoisotopic (exact) mass is 317 g/mol. The van der Waals surface area contributed by atoms with Crippen LogP contribution in [0.4, 0.5) is 0 Å². The molecule has 4 nitrogen and oxygen atoms in total. The molecule has 0 spiro atoms. The molecular weight excluding hydrogens is 298 g/mol. The fourth-order valence-corrected chi connectivity index (χ4v) is 2.38. The third-order valence-electron chi connectivity index (χ3n) is 2.55. The molecule has 0 aliphatic carbocycles. The van der Waals surface area contributed by atoms with E-state index in [0.29, 0.717) is 13.2 Å². The largest absolute Gasteiger partial charge is 0.496 e. The van der Waals surface area contributed by atoms with Crippen LogP contribution in [0.3, 0.4) is 0 Å². The second-order valence-electron chi connectivity index (χ2n) is 4.27. The standard InChI is InChI=1S/C13H20BrNO3/c1-15(8-11(16)9-17-2)7-10-4-5-13(18-3)12(14)6-10/h4-6,11,16H,7-9H2,1-3H3. The lowest BCUT2D eigenvalue weighted by Crippen LogP contribution is -2.31. The van der Waals surface area contributed by atoms with Crippen LogP contribution in [0.5, 0.6) is 5.75 Å². The summed E-state index contributed by atoms with van der Waals surface area (Å²) in [6.07, 6.45) is -0.457. The molecule has 1 atom stereocenters. The average molecular weight is 318 g/mol. The maximum atomic E-state index is 9.64. The van der Waals surface area contributed by atoms with Crippen molar-refractivity contribution in [1.29, 1.82) is 0 Å². The smallest absolute Gasteiger partial charge is 0.133 e. The molecule has 0 fully saturated rings. The molecule has 1 unspecified atom stereocenters. The van der Waals surface area contributed by atoms with Gasteiger partial charge >= 0.3 is 0 Å². The molecule has 1 aromatic rings. The van der Waals surface area contributed by atoms with Gasteiger partial charge in [-0.1, -0.05) is 6.07 Å². The Morgan fingerprint density at radius 2 is 2.11 bits per heavy atom. The molecule has 0 radical (unpaired) electrons. The quantitative estimate of drug-likeness (QED) is 0.834. The number of hydrogen-bond acceptors (Lipinski definition) is 4. The summed E-state index contributed by atoms with van der Waals surface area (Å²) in [5, 5.41) is 9.64. The van der Waals surface area contributed by atoms with Crippen LogP contribution in [-0.2, 0) is 11.3 Å². The average Bonchev–Trinajstić information content (AvgIpc) is 2.29. The maximum absolute atomic E-state index is 9.64. The van der Waals surface area contributed by atoms with Crippen LogP contribution in [0.25, 0.3) is 0 Å². The minimum atomic E-state index is -0.457. The normalized spacial score (nSPS) is 12.8. The summed E-state index contributed by atoms with van der Waals surface area (Å²) in [7, 11) is 5.20. The summed E-state index contributed by atoms with van der Waals surface area (Å²) >= 11 is 3.46. The first-order valence-electron chi connectivity index (χ1n) is 5.74. The van der Waals surface area contributed by atoms with Gasteiger partial charge in [0.1, 0.15) is 5.75 Å². The van der Waals surface area contributed by atoms with E-state index in [2.05, 4.69) is 20.8 Å². The van der Waals surface area contributed by atoms with Crippen LogP contribution in [-0.4, -0.2) is 50.5 Å². The number of aliphatic hydroxyl groups is 1. The summed E-state index contributed by atoms with van der Waals surface area (Å²) in [4.78, 5) is 2.05. The van der Waals surface area contributed by atoms with Crippen LogP contribution in [0.15, 0.2) is 22.7 Å². The highest BCUT2D eigenvalue weighted by molar-refractivity contribution is 9.10. The number of halogens is 1. The molecule has 0 aliphatic heterocycles. The Morgan fingerprint density at radius 1 is 1.39 bits per heavy atom. The number of rotatable bonds is 7. The fraction of sp³-hybridized carbons (Fsp3) is 0.538. The number of likely N-dealkylation sites (N-methyl/N-ethyl adjacent to an activating group) is 1. The van der Waals surface area contributed by atoms with Crippen molar-refractivity contribution in [1.82, 2.24) is 4.90 Å². The van der Waals surface area contributed by atoms with Crippen LogP contribution < -0.4 is 4.74 Å². The van der Waals surface area contributed by atoms with Gasteiger partial charge in [-0.25, -0.2) is 0 Å². The Bertz CT molecular complexity index is 373. The molecule has 1 rings (SSSR count). The zero-order valence-corrected chi connectivity index (χ0v) is 12.6. The third-order valence-corrected chi connectivity index (χ3v) is 3.17. The first-order valence-corrected chi connectivity index (χ1v) is 6.54. The molecule has 102 valence electrons. The van der Waals surface area contributed by atoms with Crippen LogP contribution in [0.1, 0.15) is 5.56 Å². The predicted octanol–water partition coefficient (Wildman–Crippen LogP) is 1.90. The van der Waals surface area contributed by atoms with E-state index in [1.807, 2.05) is 25.2 Å². The van der Waals surface area contributed by atoms with Crippen molar-refractivity contribution in [2.75, 3.05) is 34.4 Å². The van der Waals surface area contributed by atoms with Gasteiger partial charge in [0.25, 0.3) is 0 Å². The van der Waals surface area contributed by atoms with Crippen molar-refractivity contribution >= 4 is 15.9 Å². The van der Waals surface area contributed by atoms with Gasteiger partial charge in [-0.3, -0.25) is 4.90 Å². The van der Waals surface area contributed by atoms with E-state index in [1.54, 1.807) is 14.2 Å². The molecule has 0 saturated heterocycles. The summed E-state index contributed by atoms with van der Waals surface area (Å²) in [5.74, 6) is 0.820. The van der Waals surface area contributed by atoms with Crippen LogP contribution >= 0.6 is 15.9 Å². The Kier molecular flexibility index (Phi) is 6.63. The van der Waals surface area contributed by atoms with Gasteiger partial charge in [0.15, 0.2) is 0 Å². The van der Waals surface area contributed by atoms with E-state index < -0.39 is 6.10 Å². The van der Waals surface area contributed by atoms with Gasteiger partial charge in [-0.15, -0.1) is 0 Å². The zero-order valence-electron chi connectivity index (χ0n) is 11.0. The molecule has 0 heterocycles. The van der Waals surface area contributed by atoms with E-state index in [4.69, 9.17) is 9.47 Å². The molecule has 5 heteroatoms. The van der Waals surface area contributed by atoms with Crippen molar-refractivity contribution in [2.45, 2.75) is 12.6 Å². The fourth-order valence-electron chi connectivity index (χ4n) is 1.79. The molecule has 1 aromatic carbocycles. The summed E-state index contributed by atoms with van der Waals surface area (Å²) < 4.78 is 11.0. The highest BCUT2D eigenvalue weighted by Crippen LogP contribution is 2.25. The van der Waals surface area contributed by atoms with E-state index in [0.717, 1.165) is 22.3 Å². The highest BCUT2D eigenvalue weighted by atomic mass is 79.9. The molecule has 0 aliphatic rings. The van der Waals surface area contributed by atoms with Crippen LogP contribution in [0.2, 0.25) is 0 Å². The molecule has 1 N–H and O–H groups in total. The lowest BCUT2D eigenvalue weighted by molar-refractivity contribution is 0.0419. The summed E-state index contributed by atoms with van der Waals surface area (Å²) in [5.41, 5.74) is 1.16. The minimum absolute atomic E-state index is 0.358. The van der Waals surface area contributed by atoms with E-state index in [-0.39, 0.29) is 0 Å². The van der Waals surface area contributed by atoms with Crippen molar-refractivity contribution in [3.05, 3.63) is 28.2 Å². The van der Waals surface area contributed by atoms with Crippen molar-refractivity contribution in [2.24, 2.45) is 0 Å². The van der Waals surface area contributed by atoms with Crippen molar-refractivity contribution < 1.29 is 14.6 Å². The van der Waals surface area contributed by atoms with E-state index >= 15 is 0 Å². The number of nitrogens with zero attached hydrogens (tertiary/aromatic N) is 1. The van der Waals surface area contributed by atoms with Gasteiger partial charge in [0, 0.05) is 20.2 Å². The number of aliphatic hydroxyl groups excluding tert-OH is 1. The second kappa shape index (κ2) is 7.74. The first-order chi connectivity index (χ1) is 8.56. The topological polar surface area (TPSA) is 41.9 Å². The van der Waals surface area contributed by atoms with Crippen molar-refractivity contribution in [3.63, 3.8) is 0 Å². The summed E-state index contributed by atoms with van der Waals surface area (Å²) in [6, 6.07) is 5.97. The maximum Gasteiger partial charge on any atom is 0.133 e. The Balaban J connectivity index is 2.54. The lowest BCUT2D eigenvalue weighted by Gasteiger charge is -2.20. The third kappa shape index (κ3) is 4.94. The second-order valence-corrected chi connectivity index (χ2v) is 5.13. The van der Waals surface area contributed by atoms with Crippen LogP contribution in [0, 0.1) is 0 Å². The SMILES string of the molecule is COCC(O)CN(C)Cc1ccc(OC)c(Br)c1. The summed E-state index contributed by atoms with van der Waals surface area (Å²) in [6.45, 7) is 1.71.